The van der Waals surface area contributed by atoms with Crippen molar-refractivity contribution < 1.29 is 4.39 Å². The molecule has 2 aromatic heterocycles. The standard InChI is InChI=1S/C17H16FN3O/c18-12-7-5-11(6-8-12)16-15-14(9-10-19-17(15)22)21(20-16)13-3-1-2-4-13/h5-10,13H,1-4H2,(H,19,22). The van der Waals surface area contributed by atoms with Gasteiger partial charge >= 0.3 is 0 Å². The number of nitrogens with one attached hydrogen (secondary N) is 1. The Bertz CT molecular complexity index is 873. The summed E-state index contributed by atoms with van der Waals surface area (Å²) < 4.78 is 15.1. The molecule has 0 bridgehead atoms. The Morgan fingerprint density at radius 2 is 1.86 bits per heavy atom. The van der Waals surface area contributed by atoms with E-state index in [4.69, 9.17) is 5.10 Å². The summed E-state index contributed by atoms with van der Waals surface area (Å²) in [6.45, 7) is 0. The minimum Gasteiger partial charge on any atom is -0.328 e. The van der Waals surface area contributed by atoms with Crippen LogP contribution in [0.3, 0.4) is 0 Å². The first-order chi connectivity index (χ1) is 10.7. The molecule has 0 aliphatic heterocycles. The highest BCUT2D eigenvalue weighted by atomic mass is 19.1. The molecule has 0 atom stereocenters. The molecule has 1 fully saturated rings. The molecule has 1 N–H and O–H groups in total. The van der Waals surface area contributed by atoms with Crippen molar-refractivity contribution in [2.24, 2.45) is 0 Å². The second-order valence-corrected chi connectivity index (χ2v) is 5.81. The van der Waals surface area contributed by atoms with Crippen LogP contribution in [0.25, 0.3) is 22.2 Å². The maximum atomic E-state index is 13.2. The number of aromatic amines is 1. The van der Waals surface area contributed by atoms with Gasteiger partial charge in [0.15, 0.2) is 0 Å². The summed E-state index contributed by atoms with van der Waals surface area (Å²) in [5, 5.41) is 5.29. The molecule has 4 nitrogen and oxygen atoms in total. The van der Waals surface area contributed by atoms with E-state index in [0.29, 0.717) is 17.1 Å². The Morgan fingerprint density at radius 3 is 2.59 bits per heavy atom. The predicted octanol–water partition coefficient (Wildman–Crippen LogP) is 3.65. The van der Waals surface area contributed by atoms with Crippen molar-refractivity contribution in [1.82, 2.24) is 14.8 Å². The van der Waals surface area contributed by atoms with Crippen LogP contribution in [0.4, 0.5) is 4.39 Å². The number of hydrogen-bond acceptors (Lipinski definition) is 2. The van der Waals surface area contributed by atoms with E-state index in [1.807, 2.05) is 10.7 Å². The SMILES string of the molecule is O=c1[nH]ccc2c1c(-c1ccc(F)cc1)nn2C1CCCC1. The first-order valence-corrected chi connectivity index (χ1v) is 7.60. The van der Waals surface area contributed by atoms with E-state index in [2.05, 4.69) is 4.98 Å². The number of benzene rings is 1. The van der Waals surface area contributed by atoms with E-state index < -0.39 is 0 Å². The normalized spacial score (nSPS) is 15.7. The Balaban J connectivity index is 1.98. The predicted molar refractivity (Wildman–Crippen MR) is 83.3 cm³/mol. The van der Waals surface area contributed by atoms with Crippen molar-refractivity contribution in [3.63, 3.8) is 0 Å². The lowest BCUT2D eigenvalue weighted by atomic mass is 10.1. The van der Waals surface area contributed by atoms with E-state index in [1.54, 1.807) is 18.3 Å². The molecule has 1 aromatic carbocycles. The molecule has 3 aromatic rings. The lowest BCUT2D eigenvalue weighted by Gasteiger charge is -2.10. The third-order valence-electron chi connectivity index (χ3n) is 4.42. The van der Waals surface area contributed by atoms with Gasteiger partial charge in [-0.05, 0) is 43.2 Å². The highest BCUT2D eigenvalue weighted by molar-refractivity contribution is 5.92. The molecule has 0 unspecified atom stereocenters. The Morgan fingerprint density at radius 1 is 1.14 bits per heavy atom. The zero-order valence-corrected chi connectivity index (χ0v) is 12.1. The average Bonchev–Trinajstić information content (AvgIpc) is 3.15. The molecule has 5 heteroatoms. The van der Waals surface area contributed by atoms with Crippen molar-refractivity contribution in [3.8, 4) is 11.3 Å². The van der Waals surface area contributed by atoms with Crippen LogP contribution in [0.5, 0.6) is 0 Å². The van der Waals surface area contributed by atoms with Gasteiger partial charge in [0.1, 0.15) is 11.5 Å². The first-order valence-electron chi connectivity index (χ1n) is 7.60. The van der Waals surface area contributed by atoms with Gasteiger partial charge in [0.2, 0.25) is 0 Å². The number of halogens is 1. The molecule has 1 saturated carbocycles. The molecular formula is C17H16FN3O. The van der Waals surface area contributed by atoms with Crippen LogP contribution >= 0.6 is 0 Å². The number of H-pyrrole nitrogens is 1. The minimum absolute atomic E-state index is 0.152. The average molecular weight is 297 g/mol. The third-order valence-corrected chi connectivity index (χ3v) is 4.42. The second kappa shape index (κ2) is 5.09. The highest BCUT2D eigenvalue weighted by Crippen LogP contribution is 2.34. The summed E-state index contributed by atoms with van der Waals surface area (Å²) >= 11 is 0. The topological polar surface area (TPSA) is 50.7 Å². The molecule has 4 rings (SSSR count). The van der Waals surface area contributed by atoms with Crippen LogP contribution in [-0.4, -0.2) is 14.8 Å². The number of nitrogens with zero attached hydrogens (tertiary/aromatic N) is 2. The van der Waals surface area contributed by atoms with Crippen molar-refractivity contribution in [2.75, 3.05) is 0 Å². The number of hydrogen-bond donors (Lipinski definition) is 1. The van der Waals surface area contributed by atoms with Crippen LogP contribution < -0.4 is 5.56 Å². The van der Waals surface area contributed by atoms with Gasteiger partial charge in [-0.3, -0.25) is 9.48 Å². The van der Waals surface area contributed by atoms with Gasteiger partial charge in [-0.2, -0.15) is 5.10 Å². The quantitative estimate of drug-likeness (QED) is 0.785. The summed E-state index contributed by atoms with van der Waals surface area (Å²) in [4.78, 5) is 15.0. The molecular weight excluding hydrogens is 281 g/mol. The zero-order chi connectivity index (χ0) is 15.1. The molecule has 2 heterocycles. The van der Waals surface area contributed by atoms with Crippen LogP contribution in [-0.2, 0) is 0 Å². The largest absolute Gasteiger partial charge is 0.328 e. The van der Waals surface area contributed by atoms with E-state index in [-0.39, 0.29) is 11.4 Å². The molecule has 0 radical (unpaired) electrons. The van der Waals surface area contributed by atoms with E-state index in [9.17, 15) is 9.18 Å². The van der Waals surface area contributed by atoms with E-state index in [1.165, 1.54) is 25.0 Å². The molecule has 0 amide bonds. The van der Waals surface area contributed by atoms with Gasteiger partial charge in [-0.25, -0.2) is 4.39 Å². The summed E-state index contributed by atoms with van der Waals surface area (Å²) in [6, 6.07) is 8.37. The third kappa shape index (κ3) is 2.04. The lowest BCUT2D eigenvalue weighted by Crippen LogP contribution is -2.08. The van der Waals surface area contributed by atoms with Crippen molar-refractivity contribution in [2.45, 2.75) is 31.7 Å². The molecule has 0 saturated heterocycles. The summed E-state index contributed by atoms with van der Waals surface area (Å²) in [7, 11) is 0. The first kappa shape index (κ1) is 13.2. The number of pyridine rings is 1. The van der Waals surface area contributed by atoms with Gasteiger partial charge in [-0.15, -0.1) is 0 Å². The fraction of sp³-hybridized carbons (Fsp3) is 0.294. The minimum atomic E-state index is -0.294. The number of aromatic nitrogens is 3. The van der Waals surface area contributed by atoms with Crippen molar-refractivity contribution in [1.29, 1.82) is 0 Å². The monoisotopic (exact) mass is 297 g/mol. The van der Waals surface area contributed by atoms with Gasteiger partial charge < -0.3 is 4.98 Å². The Kier molecular flexibility index (Phi) is 3.06. The molecule has 0 spiro atoms. The molecule has 112 valence electrons. The molecule has 1 aliphatic rings. The summed E-state index contributed by atoms with van der Waals surface area (Å²) in [5.74, 6) is -0.294. The second-order valence-electron chi connectivity index (χ2n) is 5.81. The number of rotatable bonds is 2. The maximum absolute atomic E-state index is 13.2. The lowest BCUT2D eigenvalue weighted by molar-refractivity contribution is 0.483. The maximum Gasteiger partial charge on any atom is 0.259 e. The Hall–Kier alpha value is -2.43. The molecule has 1 aliphatic carbocycles. The number of fused-ring (bicyclic) bond motifs is 1. The van der Waals surface area contributed by atoms with E-state index in [0.717, 1.165) is 23.9 Å². The van der Waals surface area contributed by atoms with Gasteiger partial charge in [0.25, 0.3) is 5.56 Å². The summed E-state index contributed by atoms with van der Waals surface area (Å²) in [5.41, 5.74) is 2.10. The van der Waals surface area contributed by atoms with Crippen molar-refractivity contribution >= 4 is 10.9 Å². The van der Waals surface area contributed by atoms with Crippen LogP contribution in [0.1, 0.15) is 31.7 Å². The molecule has 22 heavy (non-hydrogen) atoms. The fourth-order valence-corrected chi connectivity index (χ4v) is 3.34. The van der Waals surface area contributed by atoms with Gasteiger partial charge in [0, 0.05) is 11.8 Å². The Labute approximate surface area is 126 Å². The highest BCUT2D eigenvalue weighted by Gasteiger charge is 2.23. The van der Waals surface area contributed by atoms with Crippen molar-refractivity contribution in [3.05, 3.63) is 52.7 Å². The van der Waals surface area contributed by atoms with E-state index >= 15 is 0 Å². The smallest absolute Gasteiger partial charge is 0.259 e. The summed E-state index contributed by atoms with van der Waals surface area (Å²) in [6.07, 6.45) is 6.23. The van der Waals surface area contributed by atoms with Crippen LogP contribution in [0.2, 0.25) is 0 Å². The fourth-order valence-electron chi connectivity index (χ4n) is 3.34. The van der Waals surface area contributed by atoms with Crippen LogP contribution in [0.15, 0.2) is 41.3 Å². The zero-order valence-electron chi connectivity index (χ0n) is 12.1. The van der Waals surface area contributed by atoms with Crippen LogP contribution in [0, 0.1) is 5.82 Å². The van der Waals surface area contributed by atoms with Gasteiger partial charge in [-0.1, -0.05) is 12.8 Å². The van der Waals surface area contributed by atoms with Gasteiger partial charge in [0.05, 0.1) is 16.9 Å².